The Balaban J connectivity index is 1.93. The largest absolute Gasteiger partial charge is 0.393 e. The maximum Gasteiger partial charge on any atom is 0.126 e. The molecule has 1 fully saturated rings. The van der Waals surface area contributed by atoms with Gasteiger partial charge in [0, 0.05) is 11.4 Å². The van der Waals surface area contributed by atoms with E-state index in [2.05, 4.69) is 0 Å². The summed E-state index contributed by atoms with van der Waals surface area (Å²) in [5.74, 6) is 0.356. The summed E-state index contributed by atoms with van der Waals surface area (Å²) < 4.78 is 13.4. The van der Waals surface area contributed by atoms with Crippen LogP contribution < -0.4 is 0 Å². The quantitative estimate of drug-likeness (QED) is 0.856. The molecule has 1 aromatic carbocycles. The summed E-state index contributed by atoms with van der Waals surface area (Å²) in [7, 11) is 0. The Morgan fingerprint density at radius 1 is 1.44 bits per heavy atom. The number of hydrogen-bond donors (Lipinski definition) is 1. The molecule has 0 heterocycles. The molecule has 0 bridgehead atoms. The molecular weight excluding hydrogens is 227 g/mol. The first-order valence-corrected chi connectivity index (χ1v) is 6.15. The van der Waals surface area contributed by atoms with Gasteiger partial charge in [-0.2, -0.15) is 0 Å². The van der Waals surface area contributed by atoms with Crippen LogP contribution in [0.4, 0.5) is 4.39 Å². The Labute approximate surface area is 100 Å². The Bertz CT molecular complexity index is 363. The van der Waals surface area contributed by atoms with E-state index in [0.717, 1.165) is 6.42 Å². The monoisotopic (exact) mass is 242 g/mol. The van der Waals surface area contributed by atoms with Gasteiger partial charge < -0.3 is 5.11 Å². The van der Waals surface area contributed by atoms with Crippen molar-refractivity contribution in [2.24, 2.45) is 5.92 Å². The van der Waals surface area contributed by atoms with E-state index in [4.69, 9.17) is 11.6 Å². The number of aliphatic hydroxyl groups excluding tert-OH is 1. The third kappa shape index (κ3) is 2.96. The van der Waals surface area contributed by atoms with Crippen molar-refractivity contribution in [2.45, 2.75) is 38.2 Å². The summed E-state index contributed by atoms with van der Waals surface area (Å²) in [6.45, 7) is 0. The van der Waals surface area contributed by atoms with Crippen molar-refractivity contribution in [3.8, 4) is 0 Å². The molecule has 1 aromatic rings. The zero-order valence-corrected chi connectivity index (χ0v) is 9.88. The minimum absolute atomic E-state index is 0.281. The normalized spacial score (nSPS) is 18.2. The minimum atomic E-state index is -0.446. The third-order valence-electron chi connectivity index (χ3n) is 3.29. The van der Waals surface area contributed by atoms with Crippen LogP contribution in [0.25, 0.3) is 0 Å². The number of rotatable bonds is 4. The highest BCUT2D eigenvalue weighted by Crippen LogP contribution is 2.31. The molecule has 0 spiro atoms. The molecule has 88 valence electrons. The highest BCUT2D eigenvalue weighted by atomic mass is 35.5. The molecule has 1 aliphatic carbocycles. The Kier molecular flexibility index (Phi) is 3.82. The van der Waals surface area contributed by atoms with E-state index < -0.39 is 6.10 Å². The van der Waals surface area contributed by atoms with Gasteiger partial charge in [0.25, 0.3) is 0 Å². The van der Waals surface area contributed by atoms with Crippen LogP contribution in [0.2, 0.25) is 5.02 Å². The summed E-state index contributed by atoms with van der Waals surface area (Å²) in [4.78, 5) is 0. The lowest BCUT2D eigenvalue weighted by Gasteiger charge is -2.27. The topological polar surface area (TPSA) is 20.2 Å². The Morgan fingerprint density at radius 3 is 2.81 bits per heavy atom. The molecule has 1 nitrogen and oxygen atoms in total. The SMILES string of the molecule is OC(Cc1cc(Cl)ccc1F)CC1CCC1. The van der Waals surface area contributed by atoms with E-state index in [0.29, 0.717) is 22.9 Å². The van der Waals surface area contributed by atoms with Crippen molar-refractivity contribution >= 4 is 11.6 Å². The second-order valence-electron chi connectivity index (χ2n) is 4.63. The van der Waals surface area contributed by atoms with Crippen molar-refractivity contribution in [3.05, 3.63) is 34.6 Å². The van der Waals surface area contributed by atoms with Crippen LogP contribution >= 0.6 is 11.6 Å². The molecule has 0 aromatic heterocycles. The first-order valence-electron chi connectivity index (χ1n) is 5.77. The lowest BCUT2D eigenvalue weighted by atomic mass is 9.80. The van der Waals surface area contributed by atoms with Gasteiger partial charge in [-0.05, 0) is 36.1 Å². The fourth-order valence-corrected chi connectivity index (χ4v) is 2.34. The fraction of sp³-hybridized carbons (Fsp3) is 0.538. The van der Waals surface area contributed by atoms with Crippen LogP contribution in [0.5, 0.6) is 0 Å². The molecule has 1 aliphatic rings. The minimum Gasteiger partial charge on any atom is -0.393 e. The van der Waals surface area contributed by atoms with Gasteiger partial charge >= 0.3 is 0 Å². The van der Waals surface area contributed by atoms with Crippen molar-refractivity contribution in [1.82, 2.24) is 0 Å². The lowest BCUT2D eigenvalue weighted by molar-refractivity contribution is 0.117. The zero-order valence-electron chi connectivity index (χ0n) is 9.13. The van der Waals surface area contributed by atoms with Gasteiger partial charge in [-0.25, -0.2) is 4.39 Å². The van der Waals surface area contributed by atoms with E-state index in [1.54, 1.807) is 6.07 Å². The van der Waals surface area contributed by atoms with Gasteiger partial charge in [-0.15, -0.1) is 0 Å². The highest BCUT2D eigenvalue weighted by molar-refractivity contribution is 6.30. The summed E-state index contributed by atoms with van der Waals surface area (Å²) in [5, 5.41) is 10.4. The van der Waals surface area contributed by atoms with Gasteiger partial charge in [-0.1, -0.05) is 30.9 Å². The summed E-state index contributed by atoms with van der Waals surface area (Å²) in [6.07, 6.45) is 4.38. The van der Waals surface area contributed by atoms with Crippen molar-refractivity contribution in [1.29, 1.82) is 0 Å². The third-order valence-corrected chi connectivity index (χ3v) is 3.53. The fourth-order valence-electron chi connectivity index (χ4n) is 2.15. The predicted molar refractivity (Wildman–Crippen MR) is 63.1 cm³/mol. The van der Waals surface area contributed by atoms with Gasteiger partial charge in [0.2, 0.25) is 0 Å². The van der Waals surface area contributed by atoms with Crippen molar-refractivity contribution in [2.75, 3.05) is 0 Å². The second kappa shape index (κ2) is 5.15. The van der Waals surface area contributed by atoms with Crippen LogP contribution in [0, 0.1) is 11.7 Å². The maximum atomic E-state index is 13.4. The molecule has 1 unspecified atom stereocenters. The predicted octanol–water partition coefficient (Wildman–Crippen LogP) is 3.57. The molecule has 1 atom stereocenters. The summed E-state index contributed by atoms with van der Waals surface area (Å²) in [6, 6.07) is 4.48. The first-order chi connectivity index (χ1) is 7.65. The van der Waals surface area contributed by atoms with Crippen LogP contribution in [-0.2, 0) is 6.42 Å². The van der Waals surface area contributed by atoms with E-state index in [9.17, 15) is 9.50 Å². The molecule has 0 amide bonds. The molecule has 1 saturated carbocycles. The number of aliphatic hydroxyl groups is 1. The molecule has 0 aliphatic heterocycles. The summed E-state index contributed by atoms with van der Waals surface area (Å²) in [5.41, 5.74) is 0.513. The van der Waals surface area contributed by atoms with Gasteiger partial charge in [0.15, 0.2) is 0 Å². The van der Waals surface area contributed by atoms with E-state index in [1.165, 1.54) is 31.4 Å². The average Bonchev–Trinajstić information content (AvgIpc) is 2.18. The first kappa shape index (κ1) is 11.9. The van der Waals surface area contributed by atoms with E-state index >= 15 is 0 Å². The number of halogens is 2. The molecule has 0 radical (unpaired) electrons. The van der Waals surface area contributed by atoms with Crippen LogP contribution in [0.3, 0.4) is 0 Å². The van der Waals surface area contributed by atoms with Crippen LogP contribution in [0.1, 0.15) is 31.2 Å². The summed E-state index contributed by atoms with van der Waals surface area (Å²) >= 11 is 5.80. The Morgan fingerprint density at radius 2 is 2.19 bits per heavy atom. The zero-order chi connectivity index (χ0) is 11.5. The smallest absolute Gasteiger partial charge is 0.126 e. The molecule has 3 heteroatoms. The van der Waals surface area contributed by atoms with Crippen molar-refractivity contribution in [3.63, 3.8) is 0 Å². The standard InChI is InChI=1S/C13H16ClFO/c14-11-4-5-13(15)10(7-11)8-12(16)6-9-2-1-3-9/h4-5,7,9,12,16H,1-3,6,8H2. The van der Waals surface area contributed by atoms with Crippen LogP contribution in [0.15, 0.2) is 18.2 Å². The van der Waals surface area contributed by atoms with E-state index in [1.807, 2.05) is 0 Å². The average molecular weight is 243 g/mol. The van der Waals surface area contributed by atoms with Crippen LogP contribution in [-0.4, -0.2) is 11.2 Å². The highest BCUT2D eigenvalue weighted by Gasteiger charge is 2.21. The van der Waals surface area contributed by atoms with Gasteiger partial charge in [0.1, 0.15) is 5.82 Å². The molecule has 0 saturated heterocycles. The second-order valence-corrected chi connectivity index (χ2v) is 5.06. The van der Waals surface area contributed by atoms with E-state index in [-0.39, 0.29) is 5.82 Å². The van der Waals surface area contributed by atoms with Gasteiger partial charge in [-0.3, -0.25) is 0 Å². The maximum absolute atomic E-state index is 13.4. The lowest BCUT2D eigenvalue weighted by Crippen LogP contribution is -2.21. The Hall–Kier alpha value is -0.600. The molecule has 16 heavy (non-hydrogen) atoms. The van der Waals surface area contributed by atoms with Crippen molar-refractivity contribution < 1.29 is 9.50 Å². The molecule has 2 rings (SSSR count). The van der Waals surface area contributed by atoms with Gasteiger partial charge in [0.05, 0.1) is 6.10 Å². The number of benzene rings is 1. The molecular formula is C13H16ClFO. The molecule has 1 N–H and O–H groups in total. The number of hydrogen-bond acceptors (Lipinski definition) is 1.